The number of benzene rings is 1. The molecule has 7 heteroatoms. The summed E-state index contributed by atoms with van der Waals surface area (Å²) in [6.45, 7) is 0. The Kier molecular flexibility index (Phi) is 5.58. The van der Waals surface area contributed by atoms with Gasteiger partial charge in [-0.15, -0.1) is 0 Å². The van der Waals surface area contributed by atoms with Crippen LogP contribution in [0.5, 0.6) is 0 Å². The monoisotopic (exact) mass is 234 g/mol. The minimum Gasteiger partial charge on any atom is -0.768 e. The van der Waals surface area contributed by atoms with Crippen LogP contribution in [0.25, 0.3) is 0 Å². The average molecular weight is 235 g/mol. The molecule has 0 aliphatic carbocycles. The van der Waals surface area contributed by atoms with Crippen molar-refractivity contribution in [2.75, 3.05) is 0 Å². The third-order valence-electron chi connectivity index (χ3n) is 1.15. The Labute approximate surface area is 103 Å². The number of hydrogen-bond acceptors (Lipinski definition) is 2. The second kappa shape index (κ2) is 5.38. The Balaban J connectivity index is 0.00000144. The maximum atomic E-state index is 12.6. The fourth-order valence-corrected chi connectivity index (χ4v) is 1.29. The molecule has 0 saturated heterocycles. The normalized spacial score (nSPS) is 12.0. The van der Waals surface area contributed by atoms with E-state index in [2.05, 4.69) is 0 Å². The van der Waals surface area contributed by atoms with Gasteiger partial charge in [0, 0.05) is 6.07 Å². The van der Waals surface area contributed by atoms with Gasteiger partial charge in [0.2, 0.25) is 0 Å². The molecule has 1 aromatic carbocycles. The maximum absolute atomic E-state index is 12.6. The Bertz CT molecular complexity index is 348. The molecule has 0 bridgehead atoms. The van der Waals surface area contributed by atoms with E-state index in [1.807, 2.05) is 0 Å². The molecule has 1 atom stereocenters. The number of halogens is 3. The van der Waals surface area contributed by atoms with E-state index in [1.165, 1.54) is 0 Å². The third kappa shape index (κ3) is 3.27. The van der Waals surface area contributed by atoms with E-state index < -0.39 is 32.6 Å². The van der Waals surface area contributed by atoms with Gasteiger partial charge in [0.1, 0.15) is 11.6 Å². The van der Waals surface area contributed by atoms with Gasteiger partial charge in [0.25, 0.3) is 0 Å². The minimum absolute atomic E-state index is 0. The van der Waals surface area contributed by atoms with Crippen LogP contribution in [-0.2, 0) is 11.1 Å². The van der Waals surface area contributed by atoms with Crippen LogP contribution in [0.2, 0.25) is 5.02 Å². The molecule has 13 heavy (non-hydrogen) atoms. The number of rotatable bonds is 1. The summed E-state index contributed by atoms with van der Waals surface area (Å²) in [5.41, 5.74) is 0. The molecule has 0 heterocycles. The molecule has 0 amide bonds. The average Bonchev–Trinajstić information content (AvgIpc) is 1.96. The summed E-state index contributed by atoms with van der Waals surface area (Å²) in [4.78, 5) is -0.638. The van der Waals surface area contributed by atoms with E-state index in [4.69, 9.17) is 11.6 Å². The van der Waals surface area contributed by atoms with E-state index >= 15 is 0 Å². The zero-order valence-electron chi connectivity index (χ0n) is 6.51. The van der Waals surface area contributed by atoms with Gasteiger partial charge in [0.05, 0.1) is 9.92 Å². The van der Waals surface area contributed by atoms with Gasteiger partial charge in [-0.3, -0.25) is 4.21 Å². The summed E-state index contributed by atoms with van der Waals surface area (Å²) >= 11 is 2.48. The summed E-state index contributed by atoms with van der Waals surface area (Å²) in [5.74, 6) is -2.13. The zero-order chi connectivity index (χ0) is 9.30. The van der Waals surface area contributed by atoms with Crippen molar-refractivity contribution >= 4 is 22.7 Å². The summed E-state index contributed by atoms with van der Waals surface area (Å²) in [7, 11) is 0. The van der Waals surface area contributed by atoms with Crippen LogP contribution in [0.4, 0.5) is 8.78 Å². The predicted molar refractivity (Wildman–Crippen MR) is 38.6 cm³/mol. The molecule has 2 nitrogen and oxygen atoms in total. The number of hydrogen-bond donors (Lipinski definition) is 0. The van der Waals surface area contributed by atoms with Crippen molar-refractivity contribution in [2.24, 2.45) is 0 Å². The van der Waals surface area contributed by atoms with Crippen LogP contribution in [0, 0.1) is 11.6 Å². The van der Waals surface area contributed by atoms with Crippen molar-refractivity contribution in [3.05, 3.63) is 28.8 Å². The molecule has 0 N–H and O–H groups in total. The topological polar surface area (TPSA) is 40.1 Å². The Morgan fingerprint density at radius 3 is 2.31 bits per heavy atom. The van der Waals surface area contributed by atoms with Gasteiger partial charge in [-0.1, -0.05) is 11.6 Å². The van der Waals surface area contributed by atoms with Crippen molar-refractivity contribution in [3.63, 3.8) is 0 Å². The van der Waals surface area contributed by atoms with Crippen molar-refractivity contribution in [3.8, 4) is 0 Å². The molecule has 0 aromatic heterocycles. The van der Waals surface area contributed by atoms with Gasteiger partial charge in [0.15, 0.2) is 0 Å². The van der Waals surface area contributed by atoms with Crippen molar-refractivity contribution < 1.29 is 47.1 Å². The van der Waals surface area contributed by atoms with Gasteiger partial charge in [-0.05, 0) is 17.1 Å². The van der Waals surface area contributed by atoms with Gasteiger partial charge in [-0.25, -0.2) is 8.78 Å². The summed E-state index contributed by atoms with van der Waals surface area (Å²) in [6, 6.07) is 1.14. The van der Waals surface area contributed by atoms with Gasteiger partial charge in [-0.2, -0.15) is 0 Å². The molecule has 0 radical (unpaired) electrons. The largest absolute Gasteiger partial charge is 1.00 e. The molecule has 66 valence electrons. The van der Waals surface area contributed by atoms with Crippen LogP contribution < -0.4 is 29.6 Å². The van der Waals surface area contributed by atoms with Crippen molar-refractivity contribution in [1.29, 1.82) is 0 Å². The van der Waals surface area contributed by atoms with Crippen LogP contribution >= 0.6 is 11.6 Å². The second-order valence-corrected chi connectivity index (χ2v) is 3.25. The molecule has 0 aliphatic rings. The fourth-order valence-electron chi connectivity index (χ4n) is 0.632. The first-order valence-corrected chi connectivity index (χ1v) is 4.21. The first-order valence-electron chi connectivity index (χ1n) is 2.76. The molecule has 1 rings (SSSR count). The second-order valence-electron chi connectivity index (χ2n) is 1.93. The summed E-state index contributed by atoms with van der Waals surface area (Å²) in [5, 5.41) is -0.421. The molecule has 1 unspecified atom stereocenters. The Hall–Kier alpha value is 0.480. The van der Waals surface area contributed by atoms with Crippen LogP contribution in [0.1, 0.15) is 0 Å². The quantitative estimate of drug-likeness (QED) is 0.350. The van der Waals surface area contributed by atoms with E-state index in [1.54, 1.807) is 0 Å². The molecule has 0 aliphatic heterocycles. The van der Waals surface area contributed by atoms with Crippen LogP contribution in [0.3, 0.4) is 0 Å². The van der Waals surface area contributed by atoms with Crippen molar-refractivity contribution in [1.82, 2.24) is 0 Å². The van der Waals surface area contributed by atoms with Gasteiger partial charge >= 0.3 is 29.6 Å². The third-order valence-corrected chi connectivity index (χ3v) is 2.12. The standard InChI is InChI=1S/C6H3ClF2O2S.Na/c7-3-1-6(12(10)11)5(9)2-4(3)8;/h1-2H,(H,10,11);/q;+1/p-1. The van der Waals surface area contributed by atoms with Crippen molar-refractivity contribution in [2.45, 2.75) is 4.90 Å². The van der Waals surface area contributed by atoms with E-state index in [0.29, 0.717) is 6.07 Å². The first-order chi connectivity index (χ1) is 5.52. The minimum atomic E-state index is -2.74. The molecule has 0 fully saturated rings. The summed E-state index contributed by atoms with van der Waals surface area (Å²) in [6.07, 6.45) is 0. The van der Waals surface area contributed by atoms with Crippen LogP contribution in [-0.4, -0.2) is 8.76 Å². The molecular formula is C6H2ClF2NaO2S. The summed E-state index contributed by atoms with van der Waals surface area (Å²) < 4.78 is 45.6. The van der Waals surface area contributed by atoms with Gasteiger partial charge < -0.3 is 4.55 Å². The molecule has 0 spiro atoms. The molecule has 0 saturated carbocycles. The zero-order valence-corrected chi connectivity index (χ0v) is 10.1. The molecule has 1 aromatic rings. The smallest absolute Gasteiger partial charge is 0.768 e. The van der Waals surface area contributed by atoms with E-state index in [0.717, 1.165) is 6.07 Å². The van der Waals surface area contributed by atoms with E-state index in [9.17, 15) is 17.5 Å². The Morgan fingerprint density at radius 2 is 1.85 bits per heavy atom. The van der Waals surface area contributed by atoms with Crippen LogP contribution in [0.15, 0.2) is 17.0 Å². The van der Waals surface area contributed by atoms with E-state index in [-0.39, 0.29) is 29.6 Å². The first kappa shape index (κ1) is 13.5. The predicted octanol–water partition coefficient (Wildman–Crippen LogP) is -1.14. The fraction of sp³-hybridized carbons (Fsp3) is 0. The maximum Gasteiger partial charge on any atom is 1.00 e. The molecular weight excluding hydrogens is 233 g/mol. The Morgan fingerprint density at radius 1 is 1.31 bits per heavy atom. The SMILES string of the molecule is O=S([O-])c1cc(Cl)c(F)cc1F.[Na+].